The summed E-state index contributed by atoms with van der Waals surface area (Å²) < 4.78 is 6.37. The van der Waals surface area contributed by atoms with E-state index >= 15 is 0 Å². The minimum atomic E-state index is -0.639. The number of non-ortho nitro benzene ring substituents is 1. The number of esters is 1. The van der Waals surface area contributed by atoms with Gasteiger partial charge in [0.25, 0.3) is 5.69 Å². The number of nitrogens with zero attached hydrogens (tertiary/aromatic N) is 4. The number of para-hydroxylation sites is 1. The second kappa shape index (κ2) is 8.87. The molecule has 5 rings (SSSR count). The first kappa shape index (κ1) is 20.9. The SMILES string of the molecule is O=C(Oc1ccc2nc(N3CCN(c4ccccc4)CC3)sc2c1)c1cccc([N+](=O)[O-])c1. The lowest BCUT2D eigenvalue weighted by molar-refractivity contribution is -0.384. The highest BCUT2D eigenvalue weighted by atomic mass is 32.1. The zero-order chi connectivity index (χ0) is 22.8. The Balaban J connectivity index is 1.28. The Morgan fingerprint density at radius 2 is 1.70 bits per heavy atom. The summed E-state index contributed by atoms with van der Waals surface area (Å²) in [6.45, 7) is 3.60. The van der Waals surface area contributed by atoms with E-state index < -0.39 is 10.9 Å². The molecule has 0 aliphatic carbocycles. The summed E-state index contributed by atoms with van der Waals surface area (Å²) in [5.41, 5.74) is 2.05. The van der Waals surface area contributed by atoms with Crippen LogP contribution in [0, 0.1) is 10.1 Å². The monoisotopic (exact) mass is 460 g/mol. The third-order valence-electron chi connectivity index (χ3n) is 5.52. The third-order valence-corrected chi connectivity index (χ3v) is 6.60. The van der Waals surface area contributed by atoms with Gasteiger partial charge in [0.15, 0.2) is 5.13 Å². The van der Waals surface area contributed by atoms with Crippen molar-refractivity contribution < 1.29 is 14.5 Å². The molecule has 0 saturated carbocycles. The smallest absolute Gasteiger partial charge is 0.343 e. The predicted molar refractivity (Wildman–Crippen MR) is 129 cm³/mol. The molecule has 1 aromatic heterocycles. The maximum Gasteiger partial charge on any atom is 0.343 e. The van der Waals surface area contributed by atoms with E-state index in [0.717, 1.165) is 41.5 Å². The van der Waals surface area contributed by atoms with Gasteiger partial charge in [0, 0.05) is 50.1 Å². The maximum absolute atomic E-state index is 12.5. The van der Waals surface area contributed by atoms with Gasteiger partial charge >= 0.3 is 5.97 Å². The maximum atomic E-state index is 12.5. The molecule has 0 N–H and O–H groups in total. The molecule has 0 spiro atoms. The lowest BCUT2D eigenvalue weighted by Crippen LogP contribution is -2.46. The topological polar surface area (TPSA) is 88.8 Å². The van der Waals surface area contributed by atoms with Crippen molar-refractivity contribution in [3.05, 3.63) is 88.5 Å². The van der Waals surface area contributed by atoms with Gasteiger partial charge < -0.3 is 14.5 Å². The molecular weight excluding hydrogens is 440 g/mol. The molecule has 1 saturated heterocycles. The number of carbonyl (C=O) groups excluding carboxylic acids is 1. The first-order valence-corrected chi connectivity index (χ1v) is 11.3. The number of benzene rings is 3. The summed E-state index contributed by atoms with van der Waals surface area (Å²) in [6.07, 6.45) is 0. The van der Waals surface area contributed by atoms with Crippen LogP contribution < -0.4 is 14.5 Å². The molecule has 0 atom stereocenters. The number of ether oxygens (including phenoxy) is 1. The fraction of sp³-hybridized carbons (Fsp3) is 0.167. The van der Waals surface area contributed by atoms with E-state index in [2.05, 4.69) is 34.1 Å². The third kappa shape index (κ3) is 4.49. The number of hydrogen-bond donors (Lipinski definition) is 0. The van der Waals surface area contributed by atoms with E-state index in [4.69, 9.17) is 9.72 Å². The van der Waals surface area contributed by atoms with Crippen LogP contribution in [0.2, 0.25) is 0 Å². The van der Waals surface area contributed by atoms with E-state index in [1.807, 2.05) is 12.1 Å². The molecule has 8 nitrogen and oxygen atoms in total. The van der Waals surface area contributed by atoms with E-state index in [9.17, 15) is 14.9 Å². The Morgan fingerprint density at radius 1 is 0.939 bits per heavy atom. The van der Waals surface area contributed by atoms with Crippen LogP contribution in [0.1, 0.15) is 10.4 Å². The fourth-order valence-electron chi connectivity index (χ4n) is 3.80. The number of hydrogen-bond acceptors (Lipinski definition) is 8. The number of nitro groups is 1. The number of thiazole rings is 1. The molecule has 1 aliphatic rings. The van der Waals surface area contributed by atoms with Gasteiger partial charge in [-0.1, -0.05) is 35.6 Å². The van der Waals surface area contributed by atoms with Crippen LogP contribution in [0.25, 0.3) is 10.2 Å². The Labute approximate surface area is 193 Å². The van der Waals surface area contributed by atoms with Crippen molar-refractivity contribution in [2.45, 2.75) is 0 Å². The largest absolute Gasteiger partial charge is 0.423 e. The van der Waals surface area contributed by atoms with Crippen molar-refractivity contribution in [2.75, 3.05) is 36.0 Å². The highest BCUT2D eigenvalue weighted by Gasteiger charge is 2.20. The quantitative estimate of drug-likeness (QED) is 0.184. The zero-order valence-electron chi connectivity index (χ0n) is 17.6. The molecule has 1 aliphatic heterocycles. The number of nitro benzene ring substituents is 1. The summed E-state index contributed by atoms with van der Waals surface area (Å²) in [6, 6.07) is 21.2. The van der Waals surface area contributed by atoms with Crippen LogP contribution in [-0.2, 0) is 0 Å². The van der Waals surface area contributed by atoms with Crippen molar-refractivity contribution in [2.24, 2.45) is 0 Å². The molecule has 166 valence electrons. The Morgan fingerprint density at radius 3 is 2.45 bits per heavy atom. The Kier molecular flexibility index (Phi) is 5.62. The van der Waals surface area contributed by atoms with Crippen LogP contribution in [-0.4, -0.2) is 42.1 Å². The molecule has 2 heterocycles. The van der Waals surface area contributed by atoms with E-state index in [0.29, 0.717) is 5.75 Å². The number of aromatic nitrogens is 1. The minimum Gasteiger partial charge on any atom is -0.423 e. The number of fused-ring (bicyclic) bond motifs is 1. The predicted octanol–water partition coefficient (Wildman–Crippen LogP) is 4.75. The second-order valence-corrected chi connectivity index (χ2v) is 8.64. The van der Waals surface area contributed by atoms with Crippen molar-refractivity contribution in [1.82, 2.24) is 4.98 Å². The van der Waals surface area contributed by atoms with Gasteiger partial charge in [0.05, 0.1) is 20.7 Å². The van der Waals surface area contributed by atoms with Gasteiger partial charge in [-0.25, -0.2) is 9.78 Å². The van der Waals surface area contributed by atoms with Crippen LogP contribution >= 0.6 is 11.3 Å². The number of rotatable bonds is 5. The molecule has 3 aromatic carbocycles. The standard InChI is InChI=1S/C24H20N4O4S/c29-23(17-5-4-8-19(15-17)28(30)31)32-20-9-10-21-22(16-20)33-24(25-21)27-13-11-26(12-14-27)18-6-2-1-3-7-18/h1-10,15-16H,11-14H2. The summed E-state index contributed by atoms with van der Waals surface area (Å²) >= 11 is 1.56. The van der Waals surface area contributed by atoms with Gasteiger partial charge in [-0.15, -0.1) is 0 Å². The van der Waals surface area contributed by atoms with Crippen LogP contribution in [0.15, 0.2) is 72.8 Å². The van der Waals surface area contributed by atoms with E-state index in [-0.39, 0.29) is 11.3 Å². The number of carbonyl (C=O) groups is 1. The lowest BCUT2D eigenvalue weighted by atomic mass is 10.2. The van der Waals surface area contributed by atoms with E-state index in [1.54, 1.807) is 23.5 Å². The minimum absolute atomic E-state index is 0.130. The first-order valence-electron chi connectivity index (χ1n) is 10.5. The zero-order valence-corrected chi connectivity index (χ0v) is 18.4. The lowest BCUT2D eigenvalue weighted by Gasteiger charge is -2.35. The summed E-state index contributed by atoms with van der Waals surface area (Å²) in [7, 11) is 0. The highest BCUT2D eigenvalue weighted by Crippen LogP contribution is 2.32. The van der Waals surface area contributed by atoms with Gasteiger partial charge in [0.1, 0.15) is 5.75 Å². The van der Waals surface area contributed by atoms with Crippen LogP contribution in [0.5, 0.6) is 5.75 Å². The van der Waals surface area contributed by atoms with Gasteiger partial charge in [-0.2, -0.15) is 0 Å². The fourth-order valence-corrected chi connectivity index (χ4v) is 4.84. The molecule has 9 heteroatoms. The Bertz CT molecular complexity index is 1320. The molecule has 4 aromatic rings. The van der Waals surface area contributed by atoms with E-state index in [1.165, 1.54) is 30.0 Å². The van der Waals surface area contributed by atoms with Gasteiger partial charge in [0.2, 0.25) is 0 Å². The van der Waals surface area contributed by atoms with Crippen molar-refractivity contribution in [1.29, 1.82) is 0 Å². The average molecular weight is 461 g/mol. The van der Waals surface area contributed by atoms with Crippen LogP contribution in [0.3, 0.4) is 0 Å². The Hall–Kier alpha value is -3.98. The number of piperazine rings is 1. The van der Waals surface area contributed by atoms with Crippen molar-refractivity contribution in [3.63, 3.8) is 0 Å². The van der Waals surface area contributed by atoms with Crippen molar-refractivity contribution in [3.8, 4) is 5.75 Å². The number of anilines is 2. The molecule has 0 unspecified atom stereocenters. The second-order valence-electron chi connectivity index (χ2n) is 7.63. The van der Waals surface area contributed by atoms with Gasteiger partial charge in [-0.3, -0.25) is 10.1 Å². The summed E-state index contributed by atoms with van der Waals surface area (Å²) in [5.74, 6) is -0.261. The molecule has 0 radical (unpaired) electrons. The van der Waals surface area contributed by atoms with Crippen molar-refractivity contribution >= 4 is 44.0 Å². The summed E-state index contributed by atoms with van der Waals surface area (Å²) in [4.78, 5) is 32.3. The normalized spacial score (nSPS) is 13.8. The van der Waals surface area contributed by atoms with Crippen LogP contribution in [0.4, 0.5) is 16.5 Å². The molecule has 0 amide bonds. The first-order chi connectivity index (χ1) is 16.1. The molecule has 33 heavy (non-hydrogen) atoms. The van der Waals surface area contributed by atoms with Gasteiger partial charge in [-0.05, 0) is 30.3 Å². The molecular formula is C24H20N4O4S. The summed E-state index contributed by atoms with van der Waals surface area (Å²) in [5, 5.41) is 11.9. The average Bonchev–Trinajstić information content (AvgIpc) is 3.28. The molecule has 1 fully saturated rings. The molecule has 0 bridgehead atoms. The highest BCUT2D eigenvalue weighted by molar-refractivity contribution is 7.22.